The van der Waals surface area contributed by atoms with Gasteiger partial charge in [-0.2, -0.15) is 0 Å². The zero-order valence-corrected chi connectivity index (χ0v) is 16.7. The fourth-order valence-corrected chi connectivity index (χ4v) is 3.33. The molecule has 3 heterocycles. The highest BCUT2D eigenvalue weighted by molar-refractivity contribution is 5.89. The van der Waals surface area contributed by atoms with E-state index >= 15 is 0 Å². The standard InChI is InChI=1S/C22H24N6O/c1-16-3-4-19(15-17(16)2)24-22(29)28-13-11-27(12-14-28)21-6-5-20(25-26-21)18-7-9-23-10-8-18/h3-10,15H,11-14H2,1-2H3,(H,24,29). The molecule has 0 atom stereocenters. The van der Waals surface area contributed by atoms with Crippen LogP contribution >= 0.6 is 0 Å². The summed E-state index contributed by atoms with van der Waals surface area (Å²) in [6.07, 6.45) is 3.49. The lowest BCUT2D eigenvalue weighted by Gasteiger charge is -2.35. The Kier molecular flexibility index (Phi) is 5.37. The van der Waals surface area contributed by atoms with Crippen molar-refractivity contribution in [3.8, 4) is 11.3 Å². The second-order valence-corrected chi connectivity index (χ2v) is 7.22. The van der Waals surface area contributed by atoms with Crippen molar-refractivity contribution in [1.82, 2.24) is 20.1 Å². The van der Waals surface area contributed by atoms with Crippen LogP contribution < -0.4 is 10.2 Å². The molecule has 7 heteroatoms. The van der Waals surface area contributed by atoms with E-state index in [0.717, 1.165) is 35.9 Å². The van der Waals surface area contributed by atoms with Crippen LogP contribution in [0.5, 0.6) is 0 Å². The fraction of sp³-hybridized carbons (Fsp3) is 0.273. The SMILES string of the molecule is Cc1ccc(NC(=O)N2CCN(c3ccc(-c4ccncc4)nn3)CC2)cc1C. The number of carbonyl (C=O) groups excluding carboxylic acids is 1. The molecule has 1 aromatic carbocycles. The number of nitrogens with zero attached hydrogens (tertiary/aromatic N) is 5. The third-order valence-electron chi connectivity index (χ3n) is 5.28. The number of benzene rings is 1. The summed E-state index contributed by atoms with van der Waals surface area (Å²) in [4.78, 5) is 20.6. The Labute approximate surface area is 170 Å². The number of pyridine rings is 1. The molecule has 3 aromatic rings. The van der Waals surface area contributed by atoms with Gasteiger partial charge in [-0.3, -0.25) is 4.98 Å². The summed E-state index contributed by atoms with van der Waals surface area (Å²) in [5.41, 5.74) is 5.03. The first-order valence-corrected chi connectivity index (χ1v) is 9.72. The molecule has 0 spiro atoms. The van der Waals surface area contributed by atoms with Gasteiger partial charge in [0.25, 0.3) is 0 Å². The van der Waals surface area contributed by atoms with Crippen LogP contribution in [0.1, 0.15) is 11.1 Å². The maximum atomic E-state index is 12.6. The molecule has 4 rings (SSSR count). The van der Waals surface area contributed by atoms with E-state index in [1.54, 1.807) is 12.4 Å². The molecule has 1 aliphatic rings. The predicted molar refractivity (Wildman–Crippen MR) is 114 cm³/mol. The maximum Gasteiger partial charge on any atom is 0.321 e. The average molecular weight is 388 g/mol. The summed E-state index contributed by atoms with van der Waals surface area (Å²) in [6.45, 7) is 6.85. The largest absolute Gasteiger partial charge is 0.352 e. The molecule has 1 N–H and O–H groups in total. The topological polar surface area (TPSA) is 74.2 Å². The number of aryl methyl sites for hydroxylation is 2. The third-order valence-corrected chi connectivity index (χ3v) is 5.28. The van der Waals surface area contributed by atoms with Gasteiger partial charge in [0.15, 0.2) is 5.82 Å². The lowest BCUT2D eigenvalue weighted by molar-refractivity contribution is 0.208. The normalized spacial score (nSPS) is 14.0. The Morgan fingerprint density at radius 1 is 0.897 bits per heavy atom. The van der Waals surface area contributed by atoms with Gasteiger partial charge in [0.2, 0.25) is 0 Å². The van der Waals surface area contributed by atoms with Crippen molar-refractivity contribution in [2.45, 2.75) is 13.8 Å². The van der Waals surface area contributed by atoms with Gasteiger partial charge in [-0.05, 0) is 61.4 Å². The molecule has 0 radical (unpaired) electrons. The van der Waals surface area contributed by atoms with Crippen LogP contribution in [0.15, 0.2) is 54.9 Å². The second kappa shape index (κ2) is 8.26. The van der Waals surface area contributed by atoms with Crippen molar-refractivity contribution < 1.29 is 4.79 Å². The number of urea groups is 1. The van der Waals surface area contributed by atoms with Crippen molar-refractivity contribution >= 4 is 17.5 Å². The molecule has 0 bridgehead atoms. The molecule has 1 fully saturated rings. The minimum Gasteiger partial charge on any atom is -0.352 e. The number of carbonyl (C=O) groups is 1. The molecule has 29 heavy (non-hydrogen) atoms. The molecule has 2 amide bonds. The molecule has 0 saturated carbocycles. The molecule has 0 unspecified atom stereocenters. The summed E-state index contributed by atoms with van der Waals surface area (Å²) < 4.78 is 0. The molecule has 148 valence electrons. The van der Waals surface area contributed by atoms with Gasteiger partial charge in [-0.1, -0.05) is 6.07 Å². The number of amides is 2. The van der Waals surface area contributed by atoms with E-state index < -0.39 is 0 Å². The lowest BCUT2D eigenvalue weighted by Crippen LogP contribution is -2.50. The van der Waals surface area contributed by atoms with Crippen LogP contribution in [0.3, 0.4) is 0 Å². The van der Waals surface area contributed by atoms with Crippen molar-refractivity contribution in [1.29, 1.82) is 0 Å². The van der Waals surface area contributed by atoms with Crippen LogP contribution in [0.4, 0.5) is 16.3 Å². The second-order valence-electron chi connectivity index (χ2n) is 7.22. The van der Waals surface area contributed by atoms with Gasteiger partial charge in [-0.15, -0.1) is 10.2 Å². The number of rotatable bonds is 3. The first kappa shape index (κ1) is 18.9. The quantitative estimate of drug-likeness (QED) is 0.743. The minimum atomic E-state index is -0.0629. The Balaban J connectivity index is 1.34. The van der Waals surface area contributed by atoms with E-state index in [1.807, 2.05) is 54.3 Å². The van der Waals surface area contributed by atoms with Crippen molar-refractivity contribution in [3.05, 3.63) is 66.0 Å². The summed E-state index contributed by atoms with van der Waals surface area (Å²) >= 11 is 0. The van der Waals surface area contributed by atoms with Crippen LogP contribution in [-0.2, 0) is 0 Å². The third kappa shape index (κ3) is 4.34. The van der Waals surface area contributed by atoms with Gasteiger partial charge >= 0.3 is 6.03 Å². The van der Waals surface area contributed by atoms with Gasteiger partial charge in [-0.25, -0.2) is 4.79 Å². The number of anilines is 2. The molecule has 1 saturated heterocycles. The fourth-order valence-electron chi connectivity index (χ4n) is 3.33. The first-order valence-electron chi connectivity index (χ1n) is 9.72. The Morgan fingerprint density at radius 3 is 2.31 bits per heavy atom. The summed E-state index contributed by atoms with van der Waals surface area (Å²) in [6, 6.07) is 13.7. The summed E-state index contributed by atoms with van der Waals surface area (Å²) in [5, 5.41) is 11.7. The lowest BCUT2D eigenvalue weighted by atomic mass is 10.1. The van der Waals surface area contributed by atoms with Crippen LogP contribution in [0.25, 0.3) is 11.3 Å². The van der Waals surface area contributed by atoms with Crippen molar-refractivity contribution in [2.24, 2.45) is 0 Å². The number of hydrogen-bond acceptors (Lipinski definition) is 5. The summed E-state index contributed by atoms with van der Waals surface area (Å²) in [5.74, 6) is 0.831. The average Bonchev–Trinajstić information content (AvgIpc) is 2.77. The van der Waals surface area contributed by atoms with Gasteiger partial charge < -0.3 is 15.1 Å². The van der Waals surface area contributed by atoms with Gasteiger partial charge in [0.1, 0.15) is 0 Å². The van der Waals surface area contributed by atoms with Gasteiger partial charge in [0, 0.05) is 49.8 Å². The van der Waals surface area contributed by atoms with Crippen LogP contribution in [0.2, 0.25) is 0 Å². The van der Waals surface area contributed by atoms with Crippen molar-refractivity contribution in [2.75, 3.05) is 36.4 Å². The Bertz CT molecular complexity index is 982. The maximum absolute atomic E-state index is 12.6. The van der Waals surface area contributed by atoms with E-state index in [0.29, 0.717) is 13.1 Å². The zero-order chi connectivity index (χ0) is 20.2. The number of nitrogens with one attached hydrogen (secondary N) is 1. The van der Waals surface area contributed by atoms with E-state index in [1.165, 1.54) is 11.1 Å². The smallest absolute Gasteiger partial charge is 0.321 e. The van der Waals surface area contributed by atoms with E-state index in [-0.39, 0.29) is 6.03 Å². The molecule has 2 aromatic heterocycles. The predicted octanol–water partition coefficient (Wildman–Crippen LogP) is 3.51. The molecular formula is C22H24N6O. The van der Waals surface area contributed by atoms with E-state index in [9.17, 15) is 4.79 Å². The molecule has 0 aliphatic carbocycles. The molecule has 1 aliphatic heterocycles. The molecular weight excluding hydrogens is 364 g/mol. The number of hydrogen-bond donors (Lipinski definition) is 1. The van der Waals surface area contributed by atoms with Crippen LogP contribution in [0, 0.1) is 13.8 Å². The number of piperazine rings is 1. The highest BCUT2D eigenvalue weighted by atomic mass is 16.2. The van der Waals surface area contributed by atoms with E-state index in [2.05, 4.69) is 32.3 Å². The highest BCUT2D eigenvalue weighted by Crippen LogP contribution is 2.19. The minimum absolute atomic E-state index is 0.0629. The zero-order valence-electron chi connectivity index (χ0n) is 16.7. The van der Waals surface area contributed by atoms with E-state index in [4.69, 9.17) is 0 Å². The monoisotopic (exact) mass is 388 g/mol. The Hall–Kier alpha value is -3.48. The van der Waals surface area contributed by atoms with Crippen molar-refractivity contribution in [3.63, 3.8) is 0 Å². The Morgan fingerprint density at radius 2 is 1.66 bits per heavy atom. The highest BCUT2D eigenvalue weighted by Gasteiger charge is 2.22. The molecule has 7 nitrogen and oxygen atoms in total. The number of aromatic nitrogens is 3. The first-order chi connectivity index (χ1) is 14.1. The van der Waals surface area contributed by atoms with Crippen LogP contribution in [-0.4, -0.2) is 52.3 Å². The summed E-state index contributed by atoms with van der Waals surface area (Å²) in [7, 11) is 0. The van der Waals surface area contributed by atoms with Gasteiger partial charge in [0.05, 0.1) is 5.69 Å².